The number of anilines is 1. The van der Waals surface area contributed by atoms with Crippen LogP contribution in [0.2, 0.25) is 0 Å². The Hall–Kier alpha value is -2.85. The molecule has 0 spiro atoms. The van der Waals surface area contributed by atoms with E-state index in [4.69, 9.17) is 4.74 Å². The molecule has 10 heteroatoms. The first-order chi connectivity index (χ1) is 15.3. The van der Waals surface area contributed by atoms with Crippen LogP contribution in [0.25, 0.3) is 0 Å². The number of benzene rings is 2. The summed E-state index contributed by atoms with van der Waals surface area (Å²) in [6.07, 6.45) is 0.694. The third-order valence-corrected chi connectivity index (χ3v) is 7.48. The molecule has 0 saturated carbocycles. The lowest BCUT2D eigenvalue weighted by Gasteiger charge is -2.13. The summed E-state index contributed by atoms with van der Waals surface area (Å²) in [6, 6.07) is 13.3. The van der Waals surface area contributed by atoms with Crippen LogP contribution in [-0.2, 0) is 26.0 Å². The zero-order valence-electron chi connectivity index (χ0n) is 18.1. The van der Waals surface area contributed by atoms with E-state index in [1.807, 2.05) is 6.92 Å². The van der Waals surface area contributed by atoms with Crippen LogP contribution < -0.4 is 10.1 Å². The number of amides is 2. The summed E-state index contributed by atoms with van der Waals surface area (Å²) in [4.78, 5) is 26.6. The molecule has 1 fully saturated rings. The van der Waals surface area contributed by atoms with Gasteiger partial charge in [-0.1, -0.05) is 30.8 Å². The minimum atomic E-state index is -3.98. The third kappa shape index (κ3) is 5.49. The second-order valence-electron chi connectivity index (χ2n) is 7.02. The molecule has 2 amide bonds. The normalized spacial score (nSPS) is 17.6. The van der Waals surface area contributed by atoms with Gasteiger partial charge in [-0.3, -0.25) is 14.5 Å². The van der Waals surface area contributed by atoms with Crippen LogP contribution in [-0.4, -0.2) is 49.2 Å². The van der Waals surface area contributed by atoms with E-state index in [0.717, 1.165) is 23.7 Å². The largest absolute Gasteiger partial charge is 0.497 e. The lowest BCUT2D eigenvalue weighted by atomic mass is 10.2. The number of hydrogen-bond donors (Lipinski definition) is 1. The van der Waals surface area contributed by atoms with Gasteiger partial charge in [0, 0.05) is 18.7 Å². The van der Waals surface area contributed by atoms with Gasteiger partial charge in [0.15, 0.2) is 5.17 Å². The Morgan fingerprint density at radius 2 is 1.78 bits per heavy atom. The summed E-state index contributed by atoms with van der Waals surface area (Å²) in [5.74, 6) is -0.0245. The topological polar surface area (TPSA) is 105 Å². The van der Waals surface area contributed by atoms with Crippen molar-refractivity contribution in [3.63, 3.8) is 0 Å². The molecule has 170 valence electrons. The molecular weight excluding hydrogens is 450 g/mol. The van der Waals surface area contributed by atoms with Crippen LogP contribution >= 0.6 is 11.8 Å². The highest BCUT2D eigenvalue weighted by Crippen LogP contribution is 2.31. The zero-order valence-corrected chi connectivity index (χ0v) is 19.7. The monoisotopic (exact) mass is 475 g/mol. The van der Waals surface area contributed by atoms with E-state index in [0.29, 0.717) is 11.4 Å². The van der Waals surface area contributed by atoms with Crippen molar-refractivity contribution >= 4 is 44.5 Å². The Bertz CT molecular complexity index is 1110. The Labute approximate surface area is 192 Å². The van der Waals surface area contributed by atoms with Crippen molar-refractivity contribution in [2.24, 2.45) is 4.40 Å². The van der Waals surface area contributed by atoms with Gasteiger partial charge in [-0.05, 0) is 55.3 Å². The van der Waals surface area contributed by atoms with E-state index in [1.165, 1.54) is 17.0 Å². The molecule has 0 unspecified atom stereocenters. The highest BCUT2D eigenvalue weighted by atomic mass is 32.2. The van der Waals surface area contributed by atoms with E-state index in [2.05, 4.69) is 9.71 Å². The van der Waals surface area contributed by atoms with E-state index in [1.54, 1.807) is 50.4 Å². The molecule has 0 bridgehead atoms. The summed E-state index contributed by atoms with van der Waals surface area (Å²) in [6.45, 7) is 3.97. The fourth-order valence-corrected chi connectivity index (χ4v) is 5.53. The molecule has 0 radical (unpaired) electrons. The molecule has 32 heavy (non-hydrogen) atoms. The second-order valence-corrected chi connectivity index (χ2v) is 9.79. The van der Waals surface area contributed by atoms with Crippen molar-refractivity contribution in [2.45, 2.75) is 36.8 Å². The molecular formula is C22H25N3O5S2. The number of carbonyl (C=O) groups excluding carboxylic acids is 2. The minimum absolute atomic E-state index is 0.0620. The molecule has 0 aromatic heterocycles. The van der Waals surface area contributed by atoms with Crippen molar-refractivity contribution in [2.75, 3.05) is 19.0 Å². The van der Waals surface area contributed by atoms with Crippen LogP contribution in [0.3, 0.4) is 0 Å². The van der Waals surface area contributed by atoms with Gasteiger partial charge < -0.3 is 10.1 Å². The van der Waals surface area contributed by atoms with E-state index < -0.39 is 15.3 Å². The van der Waals surface area contributed by atoms with Gasteiger partial charge in [-0.25, -0.2) is 0 Å². The smallest absolute Gasteiger partial charge is 0.284 e. The molecule has 2 aromatic rings. The van der Waals surface area contributed by atoms with Crippen LogP contribution in [0, 0.1) is 0 Å². The fourth-order valence-electron chi connectivity index (χ4n) is 3.11. The predicted octanol–water partition coefficient (Wildman–Crippen LogP) is 3.30. The number of nitrogens with zero attached hydrogens (tertiary/aromatic N) is 2. The lowest BCUT2D eigenvalue weighted by molar-refractivity contribution is -0.128. The molecule has 1 saturated heterocycles. The Kier molecular flexibility index (Phi) is 7.57. The highest BCUT2D eigenvalue weighted by Gasteiger charge is 2.39. The summed E-state index contributed by atoms with van der Waals surface area (Å²) in [5, 5.41) is 2.07. The van der Waals surface area contributed by atoms with Crippen LogP contribution in [0.1, 0.15) is 25.8 Å². The minimum Gasteiger partial charge on any atom is -0.497 e. The molecule has 1 atom stereocenters. The maximum absolute atomic E-state index is 12.8. The number of thioether (sulfide) groups is 1. The van der Waals surface area contributed by atoms with E-state index in [9.17, 15) is 18.0 Å². The van der Waals surface area contributed by atoms with Gasteiger partial charge >= 0.3 is 0 Å². The number of methoxy groups -OCH3 is 1. The molecule has 2 aromatic carbocycles. The van der Waals surface area contributed by atoms with Gasteiger partial charge in [0.25, 0.3) is 10.0 Å². The standard InChI is InChI=1S/C22H25N3O5S2/c1-4-15-6-12-18(13-7-15)32(28,29)24-22-25(5-2)21(27)19(31-22)14-20(26)23-16-8-10-17(30-3)11-9-16/h6-13,19H,4-5,14H2,1-3H3,(H,23,26)/t19-/m0/s1. The number of ether oxygens (including phenoxy) is 1. The van der Waals surface area contributed by atoms with Gasteiger partial charge in [0.05, 0.1) is 12.0 Å². The molecule has 8 nitrogen and oxygen atoms in total. The van der Waals surface area contributed by atoms with Gasteiger partial charge in [-0.2, -0.15) is 8.42 Å². The summed E-state index contributed by atoms with van der Waals surface area (Å²) < 4.78 is 34.5. The van der Waals surface area contributed by atoms with Crippen molar-refractivity contribution < 1.29 is 22.7 Å². The van der Waals surface area contributed by atoms with E-state index >= 15 is 0 Å². The molecule has 1 aliphatic rings. The maximum Gasteiger partial charge on any atom is 0.284 e. The van der Waals surface area contributed by atoms with Crippen LogP contribution in [0.4, 0.5) is 5.69 Å². The average molecular weight is 476 g/mol. The average Bonchev–Trinajstić information content (AvgIpc) is 3.07. The van der Waals surface area contributed by atoms with Crippen molar-refractivity contribution in [1.29, 1.82) is 0 Å². The van der Waals surface area contributed by atoms with Gasteiger partial charge in [-0.15, -0.1) is 4.40 Å². The van der Waals surface area contributed by atoms with Crippen molar-refractivity contribution in [3.8, 4) is 5.75 Å². The number of aryl methyl sites for hydroxylation is 1. The van der Waals surface area contributed by atoms with E-state index in [-0.39, 0.29) is 34.8 Å². The molecule has 3 rings (SSSR count). The first-order valence-electron chi connectivity index (χ1n) is 10.1. The summed E-state index contributed by atoms with van der Waals surface area (Å²) >= 11 is 0.992. The van der Waals surface area contributed by atoms with Crippen molar-refractivity contribution in [3.05, 3.63) is 54.1 Å². The summed E-state index contributed by atoms with van der Waals surface area (Å²) in [5.41, 5.74) is 1.59. The molecule has 1 N–H and O–H groups in total. The third-order valence-electron chi connectivity index (χ3n) is 4.91. The quantitative estimate of drug-likeness (QED) is 0.628. The highest BCUT2D eigenvalue weighted by molar-refractivity contribution is 8.16. The lowest BCUT2D eigenvalue weighted by Crippen LogP contribution is -2.33. The van der Waals surface area contributed by atoms with Gasteiger partial charge in [0.1, 0.15) is 11.0 Å². The molecule has 1 aliphatic heterocycles. The first kappa shape index (κ1) is 23.8. The fraction of sp³-hybridized carbons (Fsp3) is 0.318. The second kappa shape index (κ2) is 10.2. The van der Waals surface area contributed by atoms with Crippen LogP contribution in [0.5, 0.6) is 5.75 Å². The Morgan fingerprint density at radius 3 is 2.34 bits per heavy atom. The van der Waals surface area contributed by atoms with Crippen LogP contribution in [0.15, 0.2) is 57.8 Å². The number of amidine groups is 1. The summed E-state index contributed by atoms with van der Waals surface area (Å²) in [7, 11) is -2.43. The Morgan fingerprint density at radius 1 is 1.12 bits per heavy atom. The van der Waals surface area contributed by atoms with Gasteiger partial charge in [0.2, 0.25) is 11.8 Å². The van der Waals surface area contributed by atoms with Crippen molar-refractivity contribution in [1.82, 2.24) is 4.90 Å². The zero-order chi connectivity index (χ0) is 23.3. The molecule has 0 aliphatic carbocycles. The SMILES string of the molecule is CCc1ccc(S(=O)(=O)N=C2S[C@@H](CC(=O)Nc3ccc(OC)cc3)C(=O)N2CC)cc1. The Balaban J connectivity index is 1.73. The number of rotatable bonds is 8. The first-order valence-corrected chi connectivity index (χ1v) is 12.4. The maximum atomic E-state index is 12.8. The molecule has 1 heterocycles. The number of sulfonamides is 1. The number of hydrogen-bond acceptors (Lipinski definition) is 6. The number of nitrogens with one attached hydrogen (secondary N) is 1. The predicted molar refractivity (Wildman–Crippen MR) is 125 cm³/mol. The number of carbonyl (C=O) groups is 2.